The molecule has 2 rings (SSSR count). The maximum Gasteiger partial charge on any atom is 0.130 e. The number of hydrogen-bond donors (Lipinski definition) is 2. The third-order valence-electron chi connectivity index (χ3n) is 3.85. The highest BCUT2D eigenvalue weighted by Gasteiger charge is 2.27. The maximum atomic E-state index is 13.6. The number of rotatable bonds is 4. The third kappa shape index (κ3) is 2.87. The van der Waals surface area contributed by atoms with Crippen molar-refractivity contribution < 1.29 is 8.78 Å². The summed E-state index contributed by atoms with van der Waals surface area (Å²) in [6, 6.07) is 3.96. The summed E-state index contributed by atoms with van der Waals surface area (Å²) < 4.78 is 26.5. The van der Waals surface area contributed by atoms with Crippen molar-refractivity contribution in [3.63, 3.8) is 0 Å². The molecule has 2 nitrogen and oxygen atoms in total. The fourth-order valence-electron chi connectivity index (χ4n) is 2.80. The second kappa shape index (κ2) is 5.76. The van der Waals surface area contributed by atoms with Crippen LogP contribution in [0.2, 0.25) is 0 Å². The van der Waals surface area contributed by atoms with Gasteiger partial charge < -0.3 is 11.1 Å². The Bertz CT molecular complexity index is 409. The van der Waals surface area contributed by atoms with E-state index < -0.39 is 11.6 Å². The Hall–Kier alpha value is -1.00. The van der Waals surface area contributed by atoms with E-state index in [1.54, 1.807) is 0 Å². The molecule has 3 unspecified atom stereocenters. The Kier molecular flexibility index (Phi) is 4.30. The zero-order chi connectivity index (χ0) is 13.1. The maximum absolute atomic E-state index is 13.6. The summed E-state index contributed by atoms with van der Waals surface area (Å²) in [5.41, 5.74) is 6.24. The molecule has 1 saturated carbocycles. The molecule has 0 saturated heterocycles. The summed E-state index contributed by atoms with van der Waals surface area (Å²) in [4.78, 5) is 0. The molecule has 0 heterocycles. The highest BCUT2D eigenvalue weighted by Crippen LogP contribution is 2.27. The van der Waals surface area contributed by atoms with Crippen LogP contribution >= 0.6 is 0 Å². The Labute approximate surface area is 107 Å². The van der Waals surface area contributed by atoms with Crippen LogP contribution in [0.25, 0.3) is 0 Å². The standard InChI is InChI=1S/C14H20F2N2/c1-9(12-6-5-11(15)7-13(12)16)18-14-4-2-3-10(14)8-17/h5-7,9-10,14,18H,2-4,8,17H2,1H3. The topological polar surface area (TPSA) is 38.0 Å². The average Bonchev–Trinajstić information content (AvgIpc) is 2.76. The molecule has 3 atom stereocenters. The van der Waals surface area contributed by atoms with Gasteiger partial charge in [-0.1, -0.05) is 12.5 Å². The summed E-state index contributed by atoms with van der Waals surface area (Å²) in [5, 5.41) is 3.41. The van der Waals surface area contributed by atoms with Gasteiger partial charge in [-0.3, -0.25) is 0 Å². The molecular formula is C14H20F2N2. The smallest absolute Gasteiger partial charge is 0.130 e. The molecule has 3 N–H and O–H groups in total. The van der Waals surface area contributed by atoms with Crippen molar-refractivity contribution in [2.45, 2.75) is 38.3 Å². The Morgan fingerprint density at radius 2 is 2.17 bits per heavy atom. The van der Waals surface area contributed by atoms with Crippen molar-refractivity contribution in [3.05, 3.63) is 35.4 Å². The molecule has 1 aliphatic rings. The Balaban J connectivity index is 2.05. The van der Waals surface area contributed by atoms with E-state index in [1.807, 2.05) is 6.92 Å². The highest BCUT2D eigenvalue weighted by atomic mass is 19.1. The summed E-state index contributed by atoms with van der Waals surface area (Å²) >= 11 is 0. The first-order valence-corrected chi connectivity index (χ1v) is 6.53. The van der Waals surface area contributed by atoms with Crippen LogP contribution in [-0.2, 0) is 0 Å². The van der Waals surface area contributed by atoms with Crippen LogP contribution < -0.4 is 11.1 Å². The molecule has 1 fully saturated rings. The van der Waals surface area contributed by atoms with Gasteiger partial charge >= 0.3 is 0 Å². The minimum Gasteiger partial charge on any atom is -0.330 e. The zero-order valence-electron chi connectivity index (χ0n) is 10.6. The minimum atomic E-state index is -0.538. The first-order valence-electron chi connectivity index (χ1n) is 6.53. The van der Waals surface area contributed by atoms with Crippen LogP contribution in [0.4, 0.5) is 8.78 Å². The zero-order valence-corrected chi connectivity index (χ0v) is 10.6. The largest absolute Gasteiger partial charge is 0.330 e. The van der Waals surface area contributed by atoms with Crippen molar-refractivity contribution >= 4 is 0 Å². The van der Waals surface area contributed by atoms with Crippen LogP contribution in [0.5, 0.6) is 0 Å². The SMILES string of the molecule is CC(NC1CCCC1CN)c1ccc(F)cc1F. The van der Waals surface area contributed by atoms with Crippen molar-refractivity contribution in [2.75, 3.05) is 6.54 Å². The van der Waals surface area contributed by atoms with Crippen LogP contribution in [0.3, 0.4) is 0 Å². The fourth-order valence-corrected chi connectivity index (χ4v) is 2.80. The second-order valence-corrected chi connectivity index (χ2v) is 5.09. The normalized spacial score (nSPS) is 25.3. The van der Waals surface area contributed by atoms with Gasteiger partial charge in [-0.05, 0) is 38.3 Å². The van der Waals surface area contributed by atoms with Gasteiger partial charge in [0.2, 0.25) is 0 Å². The number of hydrogen-bond acceptors (Lipinski definition) is 2. The monoisotopic (exact) mass is 254 g/mol. The van der Waals surface area contributed by atoms with Crippen molar-refractivity contribution in [3.8, 4) is 0 Å². The van der Waals surface area contributed by atoms with E-state index in [0.29, 0.717) is 24.1 Å². The molecule has 100 valence electrons. The van der Waals surface area contributed by atoms with E-state index in [4.69, 9.17) is 5.73 Å². The third-order valence-corrected chi connectivity index (χ3v) is 3.85. The van der Waals surface area contributed by atoms with Crippen molar-refractivity contribution in [1.29, 1.82) is 0 Å². The number of benzene rings is 1. The first-order chi connectivity index (χ1) is 8.61. The van der Waals surface area contributed by atoms with E-state index >= 15 is 0 Å². The van der Waals surface area contributed by atoms with E-state index in [1.165, 1.54) is 12.1 Å². The van der Waals surface area contributed by atoms with E-state index in [2.05, 4.69) is 5.32 Å². The highest BCUT2D eigenvalue weighted by molar-refractivity contribution is 5.21. The van der Waals surface area contributed by atoms with Crippen LogP contribution in [0.1, 0.15) is 37.8 Å². The Morgan fingerprint density at radius 1 is 1.39 bits per heavy atom. The van der Waals surface area contributed by atoms with Gasteiger partial charge in [-0.25, -0.2) is 8.78 Å². The average molecular weight is 254 g/mol. The first kappa shape index (κ1) is 13.4. The molecule has 0 bridgehead atoms. The minimum absolute atomic E-state index is 0.122. The molecule has 0 aliphatic heterocycles. The van der Waals surface area contributed by atoms with Gasteiger partial charge in [-0.2, -0.15) is 0 Å². The second-order valence-electron chi connectivity index (χ2n) is 5.09. The van der Waals surface area contributed by atoms with Crippen molar-refractivity contribution in [1.82, 2.24) is 5.32 Å². The lowest BCUT2D eigenvalue weighted by atomic mass is 10.0. The van der Waals surface area contributed by atoms with Gasteiger partial charge in [0.05, 0.1) is 0 Å². The fraction of sp³-hybridized carbons (Fsp3) is 0.571. The lowest BCUT2D eigenvalue weighted by Crippen LogP contribution is -2.37. The molecule has 1 aromatic carbocycles. The number of halogens is 2. The lowest BCUT2D eigenvalue weighted by Gasteiger charge is -2.24. The summed E-state index contributed by atoms with van der Waals surface area (Å²) in [6.07, 6.45) is 3.37. The summed E-state index contributed by atoms with van der Waals surface area (Å²) in [7, 11) is 0. The van der Waals surface area contributed by atoms with E-state index in [9.17, 15) is 8.78 Å². The van der Waals surface area contributed by atoms with Gasteiger partial charge in [0.25, 0.3) is 0 Å². The van der Waals surface area contributed by atoms with Crippen LogP contribution in [0.15, 0.2) is 18.2 Å². The lowest BCUT2D eigenvalue weighted by molar-refractivity contribution is 0.368. The summed E-state index contributed by atoms with van der Waals surface area (Å²) in [6.45, 7) is 2.57. The molecule has 0 aromatic heterocycles. The van der Waals surface area contributed by atoms with Crippen LogP contribution in [-0.4, -0.2) is 12.6 Å². The van der Waals surface area contributed by atoms with Gasteiger partial charge in [-0.15, -0.1) is 0 Å². The van der Waals surface area contributed by atoms with Gasteiger partial charge in [0.15, 0.2) is 0 Å². The van der Waals surface area contributed by atoms with E-state index in [-0.39, 0.29) is 6.04 Å². The molecule has 18 heavy (non-hydrogen) atoms. The van der Waals surface area contributed by atoms with Gasteiger partial charge in [0.1, 0.15) is 11.6 Å². The van der Waals surface area contributed by atoms with Crippen LogP contribution in [0, 0.1) is 17.6 Å². The molecule has 1 aromatic rings. The molecule has 0 radical (unpaired) electrons. The predicted molar refractivity (Wildman–Crippen MR) is 68.1 cm³/mol. The molecule has 4 heteroatoms. The van der Waals surface area contributed by atoms with Crippen molar-refractivity contribution in [2.24, 2.45) is 11.7 Å². The van der Waals surface area contributed by atoms with E-state index in [0.717, 1.165) is 25.3 Å². The molecular weight excluding hydrogens is 234 g/mol. The van der Waals surface area contributed by atoms with Gasteiger partial charge in [0, 0.05) is 23.7 Å². The molecule has 0 amide bonds. The number of nitrogens with one attached hydrogen (secondary N) is 1. The summed E-state index contributed by atoms with van der Waals surface area (Å²) in [5.74, 6) is -0.558. The molecule has 1 aliphatic carbocycles. The predicted octanol–water partition coefficient (Wildman–Crippen LogP) is 2.74. The Morgan fingerprint density at radius 3 is 2.83 bits per heavy atom. The molecule has 0 spiro atoms. The quantitative estimate of drug-likeness (QED) is 0.867. The number of nitrogens with two attached hydrogens (primary N) is 1.